The summed E-state index contributed by atoms with van der Waals surface area (Å²) in [5, 5.41) is 2.75. The Bertz CT molecular complexity index is 537. The topological polar surface area (TPSA) is 24.9 Å². The number of nitrogens with zero attached hydrogens (tertiary/aromatic N) is 1. The Morgan fingerprint density at radius 2 is 1.76 bits per heavy atom. The average Bonchev–Trinajstić information content (AvgIpc) is 2.29. The molecule has 0 aliphatic carbocycles. The summed E-state index contributed by atoms with van der Waals surface area (Å²) in [6.45, 7) is 0. The van der Waals surface area contributed by atoms with Crippen molar-refractivity contribution in [2.75, 3.05) is 5.32 Å². The van der Waals surface area contributed by atoms with Crippen LogP contribution in [0.4, 0.5) is 24.5 Å². The van der Waals surface area contributed by atoms with E-state index in [1.54, 1.807) is 6.07 Å². The van der Waals surface area contributed by atoms with Crippen LogP contribution < -0.4 is 5.32 Å². The lowest BCUT2D eigenvalue weighted by molar-refractivity contribution is 0.448. The Balaban J connectivity index is 2.34. The fourth-order valence-electron chi connectivity index (χ4n) is 1.26. The van der Waals surface area contributed by atoms with Gasteiger partial charge in [0.05, 0.1) is 10.2 Å². The highest BCUT2D eigenvalue weighted by Gasteiger charge is 2.11. The summed E-state index contributed by atoms with van der Waals surface area (Å²) in [7, 11) is 0. The van der Waals surface area contributed by atoms with E-state index in [-0.39, 0.29) is 5.69 Å². The number of hydrogen-bond donors (Lipinski definition) is 1. The molecule has 0 amide bonds. The number of aromatic nitrogens is 1. The number of rotatable bonds is 2. The van der Waals surface area contributed by atoms with E-state index < -0.39 is 17.5 Å². The molecule has 0 unspecified atom stereocenters. The van der Waals surface area contributed by atoms with Gasteiger partial charge in [0.2, 0.25) is 0 Å². The van der Waals surface area contributed by atoms with Gasteiger partial charge >= 0.3 is 0 Å². The van der Waals surface area contributed by atoms with Gasteiger partial charge in [-0.2, -0.15) is 0 Å². The van der Waals surface area contributed by atoms with Gasteiger partial charge < -0.3 is 5.32 Å². The fraction of sp³-hybridized carbons (Fsp3) is 0. The summed E-state index contributed by atoms with van der Waals surface area (Å²) in [6.07, 6.45) is 3.04. The molecule has 0 saturated carbocycles. The van der Waals surface area contributed by atoms with E-state index in [0.717, 1.165) is 12.1 Å². The summed E-state index contributed by atoms with van der Waals surface area (Å²) in [4.78, 5) is 3.84. The first kappa shape index (κ1) is 11.9. The summed E-state index contributed by atoms with van der Waals surface area (Å²) < 4.78 is 39.3. The Kier molecular flexibility index (Phi) is 3.33. The normalized spacial score (nSPS) is 10.4. The molecule has 0 bridgehead atoms. The maximum atomic E-state index is 13.0. The molecule has 1 heterocycles. The molecule has 0 spiro atoms. The number of hydrogen-bond acceptors (Lipinski definition) is 2. The van der Waals surface area contributed by atoms with Gasteiger partial charge in [0.1, 0.15) is 0 Å². The number of nitrogens with one attached hydrogen (secondary N) is 1. The quantitative estimate of drug-likeness (QED) is 0.848. The van der Waals surface area contributed by atoms with Crippen molar-refractivity contribution in [1.82, 2.24) is 4.98 Å². The molecule has 0 radical (unpaired) electrons. The summed E-state index contributed by atoms with van der Waals surface area (Å²) in [5.41, 5.74) is 0.693. The van der Waals surface area contributed by atoms with Crippen molar-refractivity contribution in [3.63, 3.8) is 0 Å². The van der Waals surface area contributed by atoms with Crippen LogP contribution in [0.1, 0.15) is 0 Å². The van der Waals surface area contributed by atoms with Crippen molar-refractivity contribution in [2.45, 2.75) is 0 Å². The van der Waals surface area contributed by atoms with Crippen LogP contribution in [0.25, 0.3) is 0 Å². The highest BCUT2D eigenvalue weighted by atomic mass is 79.9. The van der Waals surface area contributed by atoms with Crippen LogP contribution in [0.2, 0.25) is 0 Å². The third kappa shape index (κ3) is 2.58. The number of halogens is 4. The molecule has 1 N–H and O–H groups in total. The van der Waals surface area contributed by atoms with Gasteiger partial charge in [0, 0.05) is 30.2 Å². The van der Waals surface area contributed by atoms with E-state index in [0.29, 0.717) is 10.2 Å². The van der Waals surface area contributed by atoms with Gasteiger partial charge in [-0.1, -0.05) is 0 Å². The SMILES string of the molecule is Fc1cc(Nc2ccncc2Br)cc(F)c1F. The van der Waals surface area contributed by atoms with Crippen LogP contribution in [0, 0.1) is 17.5 Å². The smallest absolute Gasteiger partial charge is 0.194 e. The van der Waals surface area contributed by atoms with Crippen LogP contribution >= 0.6 is 15.9 Å². The molecule has 0 aliphatic rings. The summed E-state index contributed by atoms with van der Waals surface area (Å²) >= 11 is 3.22. The lowest BCUT2D eigenvalue weighted by Crippen LogP contribution is -1.97. The highest BCUT2D eigenvalue weighted by molar-refractivity contribution is 9.10. The molecule has 2 aromatic rings. The maximum Gasteiger partial charge on any atom is 0.194 e. The Morgan fingerprint density at radius 1 is 1.12 bits per heavy atom. The van der Waals surface area contributed by atoms with Gasteiger partial charge in [0.25, 0.3) is 0 Å². The molecular weight excluding hydrogens is 297 g/mol. The van der Waals surface area contributed by atoms with Crippen molar-refractivity contribution < 1.29 is 13.2 Å². The van der Waals surface area contributed by atoms with Gasteiger partial charge in [-0.15, -0.1) is 0 Å². The molecule has 0 fully saturated rings. The summed E-state index contributed by atoms with van der Waals surface area (Å²) in [5.74, 6) is -3.96. The number of anilines is 2. The second-order valence-electron chi connectivity index (χ2n) is 3.23. The van der Waals surface area contributed by atoms with Gasteiger partial charge in [-0.05, 0) is 22.0 Å². The van der Waals surface area contributed by atoms with E-state index in [2.05, 4.69) is 26.2 Å². The largest absolute Gasteiger partial charge is 0.354 e. The van der Waals surface area contributed by atoms with Crippen LogP contribution in [0.3, 0.4) is 0 Å². The zero-order valence-corrected chi connectivity index (χ0v) is 9.93. The van der Waals surface area contributed by atoms with Crippen LogP contribution in [-0.2, 0) is 0 Å². The molecule has 1 aromatic heterocycles. The lowest BCUT2D eigenvalue weighted by Gasteiger charge is -2.08. The van der Waals surface area contributed by atoms with Crippen molar-refractivity contribution in [1.29, 1.82) is 0 Å². The third-order valence-electron chi connectivity index (χ3n) is 2.04. The predicted molar refractivity (Wildman–Crippen MR) is 61.5 cm³/mol. The first-order valence-corrected chi connectivity index (χ1v) is 5.38. The first-order valence-electron chi connectivity index (χ1n) is 4.59. The predicted octanol–water partition coefficient (Wildman–Crippen LogP) is 4.01. The van der Waals surface area contributed by atoms with Crippen molar-refractivity contribution in [3.05, 3.63) is 52.5 Å². The minimum absolute atomic E-state index is 0.119. The van der Waals surface area contributed by atoms with Crippen LogP contribution in [0.5, 0.6) is 0 Å². The van der Waals surface area contributed by atoms with E-state index in [9.17, 15) is 13.2 Å². The van der Waals surface area contributed by atoms with Gasteiger partial charge in [-0.3, -0.25) is 4.98 Å². The van der Waals surface area contributed by atoms with E-state index >= 15 is 0 Å². The average molecular weight is 303 g/mol. The molecule has 0 atom stereocenters. The maximum absolute atomic E-state index is 13.0. The Morgan fingerprint density at radius 3 is 2.35 bits per heavy atom. The molecule has 88 valence electrons. The summed E-state index contributed by atoms with van der Waals surface area (Å²) in [6, 6.07) is 3.37. The zero-order chi connectivity index (χ0) is 12.4. The molecule has 2 rings (SSSR count). The van der Waals surface area contributed by atoms with Gasteiger partial charge in [-0.25, -0.2) is 13.2 Å². The molecule has 17 heavy (non-hydrogen) atoms. The second kappa shape index (κ2) is 4.75. The van der Waals surface area contributed by atoms with E-state index in [4.69, 9.17) is 0 Å². The minimum atomic E-state index is -1.48. The van der Waals surface area contributed by atoms with Crippen LogP contribution in [0.15, 0.2) is 35.1 Å². The van der Waals surface area contributed by atoms with Crippen LogP contribution in [-0.4, -0.2) is 4.98 Å². The Labute approximate surface area is 104 Å². The van der Waals surface area contributed by atoms with Crippen molar-refractivity contribution >= 4 is 27.3 Å². The van der Waals surface area contributed by atoms with Gasteiger partial charge in [0.15, 0.2) is 17.5 Å². The van der Waals surface area contributed by atoms with Crippen molar-refractivity contribution in [3.8, 4) is 0 Å². The fourth-order valence-corrected chi connectivity index (χ4v) is 1.61. The lowest BCUT2D eigenvalue weighted by atomic mass is 10.2. The number of pyridine rings is 1. The molecular formula is C11H6BrF3N2. The van der Waals surface area contributed by atoms with E-state index in [1.807, 2.05) is 0 Å². The second-order valence-corrected chi connectivity index (χ2v) is 4.09. The van der Waals surface area contributed by atoms with E-state index in [1.165, 1.54) is 12.4 Å². The Hall–Kier alpha value is -1.56. The molecule has 6 heteroatoms. The third-order valence-corrected chi connectivity index (χ3v) is 2.67. The molecule has 0 saturated heterocycles. The molecule has 0 aliphatic heterocycles. The number of benzene rings is 1. The molecule has 1 aromatic carbocycles. The minimum Gasteiger partial charge on any atom is -0.354 e. The standard InChI is InChI=1S/C11H6BrF3N2/c12-7-5-16-2-1-10(7)17-6-3-8(13)11(15)9(14)4-6/h1-5H,(H,16,17). The highest BCUT2D eigenvalue weighted by Crippen LogP contribution is 2.26. The zero-order valence-electron chi connectivity index (χ0n) is 8.35. The first-order chi connectivity index (χ1) is 8.08. The van der Waals surface area contributed by atoms with Crippen molar-refractivity contribution in [2.24, 2.45) is 0 Å². The monoisotopic (exact) mass is 302 g/mol. The molecule has 2 nitrogen and oxygen atoms in total.